The third-order valence-corrected chi connectivity index (χ3v) is 5.48. The van der Waals surface area contributed by atoms with Crippen LogP contribution < -0.4 is 10.2 Å². The van der Waals surface area contributed by atoms with E-state index in [4.69, 9.17) is 11.6 Å². The number of halogens is 1. The van der Waals surface area contributed by atoms with Gasteiger partial charge in [0, 0.05) is 34.9 Å². The molecular weight excluding hydrogens is 334 g/mol. The summed E-state index contributed by atoms with van der Waals surface area (Å²) in [6.45, 7) is 4.10. The molecule has 4 rings (SSSR count). The molecule has 2 amide bonds. The molecule has 4 nitrogen and oxygen atoms in total. The average Bonchev–Trinajstić information content (AvgIpc) is 2.88. The predicted octanol–water partition coefficient (Wildman–Crippen LogP) is 4.49. The first kappa shape index (κ1) is 16.4. The first-order valence-corrected chi connectivity index (χ1v) is 9.05. The van der Waals surface area contributed by atoms with Crippen LogP contribution in [0, 0.1) is 6.92 Å². The molecule has 1 fully saturated rings. The normalized spacial score (nSPS) is 22.4. The van der Waals surface area contributed by atoms with Crippen LogP contribution in [0.15, 0.2) is 42.5 Å². The summed E-state index contributed by atoms with van der Waals surface area (Å²) in [4.78, 5) is 17.4. The van der Waals surface area contributed by atoms with Crippen molar-refractivity contribution in [3.05, 3.63) is 58.6 Å². The van der Waals surface area contributed by atoms with Gasteiger partial charge in [-0.1, -0.05) is 35.4 Å². The van der Waals surface area contributed by atoms with E-state index in [1.165, 1.54) is 11.1 Å². The molecule has 2 aliphatic rings. The van der Waals surface area contributed by atoms with E-state index in [2.05, 4.69) is 42.4 Å². The van der Waals surface area contributed by atoms with Crippen molar-refractivity contribution in [1.82, 2.24) is 4.90 Å². The Morgan fingerprint density at radius 2 is 2.08 bits per heavy atom. The van der Waals surface area contributed by atoms with E-state index in [9.17, 15) is 4.79 Å². The molecule has 1 N–H and O–H groups in total. The van der Waals surface area contributed by atoms with Gasteiger partial charge < -0.3 is 10.2 Å². The van der Waals surface area contributed by atoms with E-state index >= 15 is 0 Å². The van der Waals surface area contributed by atoms with Crippen molar-refractivity contribution in [2.45, 2.75) is 25.3 Å². The van der Waals surface area contributed by atoms with Gasteiger partial charge in [-0.2, -0.15) is 0 Å². The minimum Gasteiger partial charge on any atom is -0.307 e. The Labute approximate surface area is 153 Å². The molecule has 2 heterocycles. The van der Waals surface area contributed by atoms with Crippen molar-refractivity contribution >= 4 is 29.0 Å². The molecule has 2 aromatic rings. The largest absolute Gasteiger partial charge is 0.326 e. The molecule has 2 aliphatic heterocycles. The Bertz CT molecular complexity index is 822. The van der Waals surface area contributed by atoms with Crippen LogP contribution in [0.1, 0.15) is 23.5 Å². The number of hydrogen-bond donors (Lipinski definition) is 1. The Balaban J connectivity index is 1.67. The van der Waals surface area contributed by atoms with E-state index in [1.807, 2.05) is 17.0 Å². The molecule has 0 bridgehead atoms. The second-order valence-corrected chi connectivity index (χ2v) is 7.53. The Hall–Kier alpha value is -2.04. The molecule has 130 valence electrons. The van der Waals surface area contributed by atoms with Crippen LogP contribution in [0.3, 0.4) is 0 Å². The number of benzene rings is 2. The lowest BCUT2D eigenvalue weighted by Crippen LogP contribution is -2.48. The molecule has 0 aromatic heterocycles. The van der Waals surface area contributed by atoms with Gasteiger partial charge in [-0.05, 0) is 56.8 Å². The minimum atomic E-state index is -0.0792. The molecule has 0 spiro atoms. The third-order valence-electron chi connectivity index (χ3n) is 5.25. The molecular formula is C20H22ClN3O. The van der Waals surface area contributed by atoms with Crippen LogP contribution in [0.4, 0.5) is 16.2 Å². The first-order valence-electron chi connectivity index (χ1n) is 8.68. The molecule has 2 atom stereocenters. The average molecular weight is 356 g/mol. The highest BCUT2D eigenvalue weighted by molar-refractivity contribution is 6.30. The second-order valence-electron chi connectivity index (χ2n) is 7.10. The van der Waals surface area contributed by atoms with Crippen molar-refractivity contribution in [3.8, 4) is 0 Å². The molecule has 1 saturated heterocycles. The Kier molecular flexibility index (Phi) is 4.18. The standard InChI is InChI=1S/C20H22ClN3O/c1-13-6-7-18-16(10-13)17-12-23(2)9-8-19(17)24(18)20(25)22-15-5-3-4-14(21)11-15/h3-7,10-11,17,19H,8-9,12H2,1-2H3,(H,22,25)/t17-,19+/m0/s1. The quantitative estimate of drug-likeness (QED) is 0.818. The van der Waals surface area contributed by atoms with Gasteiger partial charge in [-0.3, -0.25) is 4.90 Å². The van der Waals surface area contributed by atoms with Gasteiger partial charge in [-0.25, -0.2) is 4.79 Å². The number of carbonyl (C=O) groups excluding carboxylic acids is 1. The maximum atomic E-state index is 13.1. The zero-order chi connectivity index (χ0) is 17.6. The fourth-order valence-electron chi connectivity index (χ4n) is 4.10. The van der Waals surface area contributed by atoms with E-state index in [0.29, 0.717) is 10.9 Å². The number of rotatable bonds is 1. The summed E-state index contributed by atoms with van der Waals surface area (Å²) in [5, 5.41) is 3.63. The summed E-state index contributed by atoms with van der Waals surface area (Å²) in [7, 11) is 2.15. The van der Waals surface area contributed by atoms with Gasteiger partial charge in [-0.15, -0.1) is 0 Å². The predicted molar refractivity (Wildman–Crippen MR) is 103 cm³/mol. The van der Waals surface area contributed by atoms with Crippen molar-refractivity contribution < 1.29 is 4.79 Å². The summed E-state index contributed by atoms with van der Waals surface area (Å²) in [6.07, 6.45) is 0.984. The van der Waals surface area contributed by atoms with Crippen LogP contribution >= 0.6 is 11.6 Å². The smallest absolute Gasteiger partial charge is 0.307 e. The van der Waals surface area contributed by atoms with Crippen molar-refractivity contribution in [3.63, 3.8) is 0 Å². The highest BCUT2D eigenvalue weighted by atomic mass is 35.5. The van der Waals surface area contributed by atoms with E-state index in [-0.39, 0.29) is 12.1 Å². The van der Waals surface area contributed by atoms with E-state index < -0.39 is 0 Å². The van der Waals surface area contributed by atoms with E-state index in [1.54, 1.807) is 12.1 Å². The number of urea groups is 1. The third kappa shape index (κ3) is 3.00. The molecule has 0 radical (unpaired) electrons. The summed E-state index contributed by atoms with van der Waals surface area (Å²) >= 11 is 6.04. The zero-order valence-electron chi connectivity index (χ0n) is 14.5. The van der Waals surface area contributed by atoms with Gasteiger partial charge in [0.1, 0.15) is 0 Å². The van der Waals surface area contributed by atoms with Gasteiger partial charge in [0.2, 0.25) is 0 Å². The lowest BCUT2D eigenvalue weighted by Gasteiger charge is -2.36. The highest BCUT2D eigenvalue weighted by Gasteiger charge is 2.43. The number of nitrogens with zero attached hydrogens (tertiary/aromatic N) is 2. The van der Waals surface area contributed by atoms with Crippen LogP contribution in [0.25, 0.3) is 0 Å². The van der Waals surface area contributed by atoms with Gasteiger partial charge >= 0.3 is 6.03 Å². The molecule has 2 aromatic carbocycles. The number of aryl methyl sites for hydroxylation is 1. The fourth-order valence-corrected chi connectivity index (χ4v) is 4.29. The topological polar surface area (TPSA) is 35.6 Å². The van der Waals surface area contributed by atoms with Crippen LogP contribution in [-0.2, 0) is 0 Å². The lowest BCUT2D eigenvalue weighted by molar-refractivity contribution is 0.224. The number of fused-ring (bicyclic) bond motifs is 3. The Morgan fingerprint density at radius 3 is 2.88 bits per heavy atom. The van der Waals surface area contributed by atoms with Crippen molar-refractivity contribution in [2.75, 3.05) is 30.4 Å². The summed E-state index contributed by atoms with van der Waals surface area (Å²) in [5.74, 6) is 0.374. The number of piperidine rings is 1. The second kappa shape index (κ2) is 6.36. The molecule has 25 heavy (non-hydrogen) atoms. The molecule has 5 heteroatoms. The van der Waals surface area contributed by atoms with Crippen LogP contribution in [0.2, 0.25) is 5.02 Å². The van der Waals surface area contributed by atoms with Gasteiger partial charge in [0.05, 0.1) is 0 Å². The van der Waals surface area contributed by atoms with Crippen molar-refractivity contribution in [2.24, 2.45) is 0 Å². The minimum absolute atomic E-state index is 0.0792. The van der Waals surface area contributed by atoms with E-state index in [0.717, 1.165) is 30.9 Å². The number of likely N-dealkylation sites (N-methyl/N-ethyl adjacent to an activating group) is 1. The van der Waals surface area contributed by atoms with Crippen molar-refractivity contribution in [1.29, 1.82) is 0 Å². The van der Waals surface area contributed by atoms with Crippen LogP contribution in [-0.4, -0.2) is 37.1 Å². The molecule has 0 saturated carbocycles. The monoisotopic (exact) mass is 355 g/mol. The number of hydrogen-bond acceptors (Lipinski definition) is 2. The number of carbonyl (C=O) groups is 1. The Morgan fingerprint density at radius 1 is 1.24 bits per heavy atom. The van der Waals surface area contributed by atoms with Gasteiger partial charge in [0.15, 0.2) is 0 Å². The number of likely N-dealkylation sites (tertiary alicyclic amines) is 1. The maximum Gasteiger partial charge on any atom is 0.326 e. The summed E-state index contributed by atoms with van der Waals surface area (Å²) in [5.41, 5.74) is 4.29. The highest BCUT2D eigenvalue weighted by Crippen LogP contribution is 2.45. The summed E-state index contributed by atoms with van der Waals surface area (Å²) in [6, 6.07) is 13.8. The summed E-state index contributed by atoms with van der Waals surface area (Å²) < 4.78 is 0. The SMILES string of the molecule is Cc1ccc2c(c1)[C@@H]1CN(C)CC[C@H]1N2C(=O)Nc1cccc(Cl)c1. The van der Waals surface area contributed by atoms with Crippen LogP contribution in [0.5, 0.6) is 0 Å². The first-order chi connectivity index (χ1) is 12.0. The number of nitrogens with one attached hydrogen (secondary N) is 1. The molecule has 0 aliphatic carbocycles. The number of amides is 2. The maximum absolute atomic E-state index is 13.1. The zero-order valence-corrected chi connectivity index (χ0v) is 15.3. The number of anilines is 2. The van der Waals surface area contributed by atoms with Gasteiger partial charge in [0.25, 0.3) is 0 Å². The fraction of sp³-hybridized carbons (Fsp3) is 0.350. The molecule has 0 unspecified atom stereocenters. The lowest BCUT2D eigenvalue weighted by atomic mass is 9.89.